The molecule has 1 unspecified atom stereocenters. The molecule has 9 nitrogen and oxygen atoms in total. The zero-order valence-corrected chi connectivity index (χ0v) is 22.1. The molecule has 0 bridgehead atoms. The summed E-state index contributed by atoms with van der Waals surface area (Å²) >= 11 is 6.23. The van der Waals surface area contributed by atoms with Crippen molar-refractivity contribution in [2.75, 3.05) is 16.0 Å². The van der Waals surface area contributed by atoms with Crippen LogP contribution in [0.25, 0.3) is 0 Å². The van der Waals surface area contributed by atoms with Gasteiger partial charge in [-0.3, -0.25) is 14.4 Å². The zero-order valence-electron chi connectivity index (χ0n) is 20.6. The predicted octanol–water partition coefficient (Wildman–Crippen LogP) is 4.68. The van der Waals surface area contributed by atoms with E-state index in [9.17, 15) is 27.9 Å². The van der Waals surface area contributed by atoms with Crippen molar-refractivity contribution in [3.8, 4) is 5.75 Å². The number of rotatable bonds is 9. The van der Waals surface area contributed by atoms with E-state index in [2.05, 4.69) is 16.0 Å². The summed E-state index contributed by atoms with van der Waals surface area (Å²) < 4.78 is 26.0. The number of carbonyl (C=O) groups excluding carboxylic acids is 3. The maximum absolute atomic E-state index is 13.0. The highest BCUT2D eigenvalue weighted by Crippen LogP contribution is 2.34. The van der Waals surface area contributed by atoms with Crippen LogP contribution in [0.15, 0.2) is 83.8 Å². The second-order valence-electron chi connectivity index (χ2n) is 8.27. The lowest BCUT2D eigenvalue weighted by Crippen LogP contribution is -2.34. The zero-order chi connectivity index (χ0) is 27.9. The van der Waals surface area contributed by atoms with Crippen molar-refractivity contribution in [3.63, 3.8) is 0 Å². The SMILES string of the molecule is CCC(C(=O)Nc1cc(O)c(NC(=O)/C=C/C(=O)Nc2ccccc2)cc1Cl)S(=O)(=O)c1ccc(C)cc1. The molecule has 3 aromatic carbocycles. The summed E-state index contributed by atoms with van der Waals surface area (Å²) in [6.07, 6.45) is 2.00. The first kappa shape index (κ1) is 28.4. The number of hydrogen-bond donors (Lipinski definition) is 4. The lowest BCUT2D eigenvalue weighted by Gasteiger charge is -2.17. The van der Waals surface area contributed by atoms with Crippen LogP contribution < -0.4 is 16.0 Å². The van der Waals surface area contributed by atoms with Gasteiger partial charge in [0.05, 0.1) is 21.3 Å². The molecule has 0 fully saturated rings. The number of sulfone groups is 1. The molecule has 0 saturated heterocycles. The Bertz CT molecular complexity index is 1470. The van der Waals surface area contributed by atoms with Gasteiger partial charge in [-0.2, -0.15) is 0 Å². The van der Waals surface area contributed by atoms with Gasteiger partial charge in [0.15, 0.2) is 9.84 Å². The Hall–Kier alpha value is -4.15. The van der Waals surface area contributed by atoms with Gasteiger partial charge < -0.3 is 21.1 Å². The van der Waals surface area contributed by atoms with Gasteiger partial charge in [0.2, 0.25) is 17.7 Å². The monoisotopic (exact) mass is 555 g/mol. The van der Waals surface area contributed by atoms with Crippen LogP contribution in [-0.2, 0) is 24.2 Å². The molecule has 0 radical (unpaired) electrons. The Kier molecular flexibility index (Phi) is 9.27. The van der Waals surface area contributed by atoms with E-state index in [1.165, 1.54) is 18.2 Å². The Morgan fingerprint density at radius 2 is 1.50 bits per heavy atom. The van der Waals surface area contributed by atoms with Crippen LogP contribution in [0.2, 0.25) is 5.02 Å². The van der Waals surface area contributed by atoms with E-state index in [-0.39, 0.29) is 27.7 Å². The number of aromatic hydroxyl groups is 1. The molecule has 38 heavy (non-hydrogen) atoms. The fraction of sp³-hybridized carbons (Fsp3) is 0.148. The Morgan fingerprint density at radius 3 is 2.11 bits per heavy atom. The van der Waals surface area contributed by atoms with Crippen LogP contribution in [0.3, 0.4) is 0 Å². The number of nitrogens with one attached hydrogen (secondary N) is 3. The minimum Gasteiger partial charge on any atom is -0.506 e. The molecule has 0 aromatic heterocycles. The molecular formula is C27H26ClN3O6S. The molecular weight excluding hydrogens is 530 g/mol. The van der Waals surface area contributed by atoms with Crippen LogP contribution in [-0.4, -0.2) is 36.5 Å². The van der Waals surface area contributed by atoms with E-state index in [1.54, 1.807) is 49.4 Å². The smallest absolute Gasteiger partial charge is 0.248 e. The van der Waals surface area contributed by atoms with Crippen molar-refractivity contribution in [3.05, 3.63) is 89.5 Å². The molecule has 0 saturated carbocycles. The summed E-state index contributed by atoms with van der Waals surface area (Å²) in [6, 6.07) is 17.1. The summed E-state index contributed by atoms with van der Waals surface area (Å²) in [6.45, 7) is 3.39. The van der Waals surface area contributed by atoms with Gasteiger partial charge in [-0.05, 0) is 43.7 Å². The Balaban J connectivity index is 1.68. The van der Waals surface area contributed by atoms with Gasteiger partial charge in [-0.15, -0.1) is 0 Å². The summed E-state index contributed by atoms with van der Waals surface area (Å²) in [5.41, 5.74) is 1.32. The average Bonchev–Trinajstić information content (AvgIpc) is 2.87. The summed E-state index contributed by atoms with van der Waals surface area (Å²) in [5, 5.41) is 16.3. The van der Waals surface area contributed by atoms with E-state index in [1.807, 2.05) is 6.92 Å². The van der Waals surface area contributed by atoms with Gasteiger partial charge in [-0.1, -0.05) is 54.4 Å². The highest BCUT2D eigenvalue weighted by Gasteiger charge is 2.33. The molecule has 4 N–H and O–H groups in total. The predicted molar refractivity (Wildman–Crippen MR) is 147 cm³/mol. The lowest BCUT2D eigenvalue weighted by atomic mass is 10.2. The normalized spacial score (nSPS) is 12.1. The van der Waals surface area contributed by atoms with E-state index >= 15 is 0 Å². The van der Waals surface area contributed by atoms with Crippen LogP contribution in [0.1, 0.15) is 18.9 Å². The van der Waals surface area contributed by atoms with Crippen LogP contribution in [0.5, 0.6) is 5.75 Å². The second kappa shape index (κ2) is 12.4. The highest BCUT2D eigenvalue weighted by molar-refractivity contribution is 7.92. The number of phenols is 1. The first-order chi connectivity index (χ1) is 18.0. The Morgan fingerprint density at radius 1 is 0.895 bits per heavy atom. The third-order valence-corrected chi connectivity index (χ3v) is 7.95. The molecule has 3 amide bonds. The molecule has 3 aromatic rings. The van der Waals surface area contributed by atoms with Gasteiger partial charge in [0.1, 0.15) is 11.0 Å². The largest absolute Gasteiger partial charge is 0.506 e. The first-order valence-electron chi connectivity index (χ1n) is 11.5. The Labute approximate surface area is 225 Å². The number of hydrogen-bond acceptors (Lipinski definition) is 6. The topological polar surface area (TPSA) is 142 Å². The number of para-hydroxylation sites is 1. The van der Waals surface area contributed by atoms with Crippen LogP contribution in [0.4, 0.5) is 17.1 Å². The molecule has 0 aliphatic carbocycles. The number of halogens is 1. The van der Waals surface area contributed by atoms with Crippen molar-refractivity contribution in [1.29, 1.82) is 0 Å². The average molecular weight is 556 g/mol. The van der Waals surface area contributed by atoms with Crippen molar-refractivity contribution in [2.24, 2.45) is 0 Å². The molecule has 0 aliphatic rings. The lowest BCUT2D eigenvalue weighted by molar-refractivity contribution is -0.116. The van der Waals surface area contributed by atoms with Crippen molar-refractivity contribution < 1.29 is 27.9 Å². The molecule has 1 atom stereocenters. The highest BCUT2D eigenvalue weighted by atomic mass is 35.5. The third kappa shape index (κ3) is 7.21. The quantitative estimate of drug-likeness (QED) is 0.223. The fourth-order valence-corrected chi connectivity index (χ4v) is 5.27. The van der Waals surface area contributed by atoms with Gasteiger partial charge in [-0.25, -0.2) is 8.42 Å². The van der Waals surface area contributed by atoms with E-state index < -0.39 is 38.6 Å². The fourth-order valence-electron chi connectivity index (χ4n) is 3.44. The maximum Gasteiger partial charge on any atom is 0.248 e. The molecule has 11 heteroatoms. The summed E-state index contributed by atoms with van der Waals surface area (Å²) in [7, 11) is -3.98. The van der Waals surface area contributed by atoms with Gasteiger partial charge in [0, 0.05) is 23.9 Å². The summed E-state index contributed by atoms with van der Waals surface area (Å²) in [5.74, 6) is -2.50. The number of anilines is 3. The summed E-state index contributed by atoms with van der Waals surface area (Å²) in [4.78, 5) is 37.1. The molecule has 0 heterocycles. The number of carbonyl (C=O) groups is 3. The first-order valence-corrected chi connectivity index (χ1v) is 13.4. The molecule has 0 aliphatic heterocycles. The van der Waals surface area contributed by atoms with E-state index in [0.717, 1.165) is 23.8 Å². The number of phenolic OH excluding ortho intramolecular Hbond substituents is 1. The molecule has 0 spiro atoms. The number of aryl methyl sites for hydroxylation is 1. The van der Waals surface area contributed by atoms with Crippen molar-refractivity contribution in [1.82, 2.24) is 0 Å². The maximum atomic E-state index is 13.0. The van der Waals surface area contributed by atoms with E-state index in [0.29, 0.717) is 5.69 Å². The minimum atomic E-state index is -3.98. The molecule has 198 valence electrons. The minimum absolute atomic E-state index is 0.00394. The number of benzene rings is 3. The van der Waals surface area contributed by atoms with Crippen molar-refractivity contribution in [2.45, 2.75) is 30.4 Å². The standard InChI is InChI=1S/C27H26ClN3O6S/c1-3-24(38(36,37)19-11-9-17(2)10-12-19)27(35)31-21-16-23(32)22(15-20(21)28)30-26(34)14-13-25(33)29-18-7-5-4-6-8-18/h4-16,24,32H,3H2,1-2H3,(H,29,33)(H,30,34)(H,31,35)/b14-13+. The molecule has 3 rings (SSSR count). The van der Waals surface area contributed by atoms with E-state index in [4.69, 9.17) is 11.6 Å². The van der Waals surface area contributed by atoms with Crippen molar-refractivity contribution >= 4 is 56.2 Å². The number of amides is 3. The third-order valence-electron chi connectivity index (χ3n) is 5.42. The van der Waals surface area contributed by atoms with Gasteiger partial charge >= 0.3 is 0 Å². The van der Waals surface area contributed by atoms with Crippen LogP contribution >= 0.6 is 11.6 Å². The van der Waals surface area contributed by atoms with Crippen LogP contribution in [0, 0.1) is 6.92 Å². The van der Waals surface area contributed by atoms with Gasteiger partial charge in [0.25, 0.3) is 0 Å². The second-order valence-corrected chi connectivity index (χ2v) is 10.8.